The van der Waals surface area contributed by atoms with E-state index < -0.39 is 8.10 Å². The highest BCUT2D eigenvalue weighted by molar-refractivity contribution is 7.39. The topological polar surface area (TPSA) is 32.8 Å². The van der Waals surface area contributed by atoms with Crippen LogP contribution in [0.15, 0.2) is 0 Å². The van der Waals surface area contributed by atoms with E-state index in [-0.39, 0.29) is 19.1 Å². The van der Waals surface area contributed by atoms with Gasteiger partial charge < -0.3 is 4.74 Å². The summed E-state index contributed by atoms with van der Waals surface area (Å²) in [5.41, 5.74) is 0. The maximum Gasteiger partial charge on any atom is 0.537 e. The molecule has 76 valence electrons. The average Bonchev–Trinajstić information content (AvgIpc) is 2.15. The molecule has 13 heavy (non-hydrogen) atoms. The fourth-order valence-electron chi connectivity index (χ4n) is 1.41. The molecule has 0 aromatic carbocycles. The van der Waals surface area contributed by atoms with E-state index >= 15 is 0 Å². The van der Waals surface area contributed by atoms with Gasteiger partial charge in [-0.15, -0.1) is 0 Å². The smallest absolute Gasteiger partial charge is 0.373 e. The molecule has 0 saturated carbocycles. The molecule has 1 aliphatic heterocycles. The highest BCUT2D eigenvalue weighted by atomic mass is 31.1. The van der Waals surface area contributed by atoms with Gasteiger partial charge in [0, 0.05) is 15.5 Å². The normalized spacial score (nSPS) is 33.2. The summed E-state index contributed by atoms with van der Waals surface area (Å²) in [6.07, 6.45) is -0.0318. The molecular weight excluding hydrogens is 187 g/mol. The molecule has 1 heterocycles. The molecule has 0 radical (unpaired) electrons. The third kappa shape index (κ3) is 2.99. The van der Waals surface area contributed by atoms with Gasteiger partial charge in [-0.1, -0.05) is 9.34 Å². The highest BCUT2D eigenvalue weighted by Gasteiger charge is 2.37. The van der Waals surface area contributed by atoms with Gasteiger partial charge >= 0.3 is 8.10 Å². The number of nitrogens with zero attached hydrogens (tertiary/aromatic N) is 2. The molecule has 0 aromatic heterocycles. The van der Waals surface area contributed by atoms with E-state index in [9.17, 15) is 4.57 Å². The molecule has 1 rings (SSSR count). The van der Waals surface area contributed by atoms with Crippen LogP contribution in [0.5, 0.6) is 0 Å². The van der Waals surface area contributed by atoms with E-state index in [1.165, 1.54) is 0 Å². The minimum Gasteiger partial charge on any atom is -0.373 e. The lowest BCUT2D eigenvalue weighted by molar-refractivity contribution is -0.0448. The van der Waals surface area contributed by atoms with Crippen LogP contribution in [-0.2, 0) is 9.30 Å². The third-order valence-corrected chi connectivity index (χ3v) is 3.39. The maximum atomic E-state index is 11.8. The second kappa shape index (κ2) is 4.47. The molecule has 3 atom stereocenters. The Hall–Kier alpha value is -0.0200. The Morgan fingerprint density at radius 2 is 2.15 bits per heavy atom. The van der Waals surface area contributed by atoms with E-state index in [0.717, 1.165) is 0 Å². The van der Waals surface area contributed by atoms with Gasteiger partial charge in [-0.3, -0.25) is 0 Å². The summed E-state index contributed by atoms with van der Waals surface area (Å²) in [6.45, 7) is 3.47. The molecule has 0 amide bonds. The van der Waals surface area contributed by atoms with Crippen LogP contribution in [0.3, 0.4) is 0 Å². The summed E-state index contributed by atoms with van der Waals surface area (Å²) in [4.78, 5) is 0. The summed E-state index contributed by atoms with van der Waals surface area (Å²) in [7, 11) is 2.14. The molecule has 0 bridgehead atoms. The number of morpholine rings is 1. The maximum absolute atomic E-state index is 11.8. The zero-order valence-corrected chi connectivity index (χ0v) is 9.33. The molecule has 1 fully saturated rings. The number of hydrogen-bond acceptors (Lipinski definition) is 2. The monoisotopic (exact) mass is 207 g/mol. The first-order valence-corrected chi connectivity index (χ1v) is 5.55. The lowest BCUT2D eigenvalue weighted by atomic mass is 10.3. The van der Waals surface area contributed by atoms with Gasteiger partial charge in [-0.25, -0.2) is 0 Å². The van der Waals surface area contributed by atoms with E-state index in [1.807, 2.05) is 11.6 Å². The van der Waals surface area contributed by atoms with Crippen LogP contribution in [0.1, 0.15) is 15.2 Å². The van der Waals surface area contributed by atoms with Crippen molar-refractivity contribution < 1.29 is 10.7 Å². The van der Waals surface area contributed by atoms with E-state index in [2.05, 4.69) is 0 Å². The van der Waals surface area contributed by atoms with Crippen molar-refractivity contribution in [3.63, 3.8) is 0 Å². The summed E-state index contributed by atoms with van der Waals surface area (Å²) in [5.74, 6) is 0. The van der Waals surface area contributed by atoms with Crippen molar-refractivity contribution in [1.82, 2.24) is 9.34 Å². The number of ether oxygens (including phenoxy) is 1. The molecule has 1 saturated heterocycles. The Balaban J connectivity index is 2.57. The third-order valence-electron chi connectivity index (χ3n) is 1.89. The van der Waals surface area contributed by atoms with Crippen LogP contribution >= 0.6 is 8.10 Å². The highest BCUT2D eigenvalue weighted by Crippen LogP contribution is 2.31. The minimum absolute atomic E-state index is 0.0676. The van der Waals surface area contributed by atoms with Gasteiger partial charge in [0.05, 0.1) is 25.3 Å². The molecular formula is C8H18N2O2P+. The fourth-order valence-corrected chi connectivity index (χ4v) is 2.61. The van der Waals surface area contributed by atoms with Crippen molar-refractivity contribution >= 4 is 8.10 Å². The summed E-state index contributed by atoms with van der Waals surface area (Å²) in [6, 6.07) is 0. The standard InChI is InChI=1S/C8H18N2O2P/c1-7-5-10(6-8(2)12-7)13(11)9(3)4/h7-8H,5-6H2,1-4H3/q+1/i1T. The van der Waals surface area contributed by atoms with Gasteiger partial charge in [0.1, 0.15) is 0 Å². The zero-order valence-electron chi connectivity index (χ0n) is 9.43. The average molecular weight is 207 g/mol. The summed E-state index contributed by atoms with van der Waals surface area (Å²) in [5, 5.41) is 0. The number of hydrogen-bond donors (Lipinski definition) is 0. The first kappa shape index (κ1) is 9.53. The van der Waals surface area contributed by atoms with Crippen LogP contribution in [0.2, 0.25) is 0 Å². The predicted octanol–water partition coefficient (Wildman–Crippen LogP) is 1.31. The van der Waals surface area contributed by atoms with Crippen molar-refractivity contribution in [2.45, 2.75) is 26.0 Å². The molecule has 0 aromatic rings. The Labute approximate surface area is 82.1 Å². The molecule has 5 heteroatoms. The Morgan fingerprint density at radius 1 is 1.54 bits per heavy atom. The molecule has 0 spiro atoms. The van der Waals surface area contributed by atoms with Crippen LogP contribution in [0.4, 0.5) is 0 Å². The summed E-state index contributed by atoms with van der Waals surface area (Å²) >= 11 is 0. The SMILES string of the molecule is [3H]CC1CN([P+](=O)N(C)C)CC(C)O1. The second-order valence-electron chi connectivity index (χ2n) is 3.54. The first-order valence-electron chi connectivity index (χ1n) is 5.09. The van der Waals surface area contributed by atoms with Crippen molar-refractivity contribution in [3.8, 4) is 0 Å². The molecule has 3 unspecified atom stereocenters. The quantitative estimate of drug-likeness (QED) is 0.639. The Morgan fingerprint density at radius 3 is 2.69 bits per heavy atom. The van der Waals surface area contributed by atoms with Crippen molar-refractivity contribution in [2.24, 2.45) is 0 Å². The number of rotatable bonds is 2. The van der Waals surface area contributed by atoms with Crippen molar-refractivity contribution in [2.75, 3.05) is 27.2 Å². The van der Waals surface area contributed by atoms with E-state index in [0.29, 0.717) is 13.1 Å². The zero-order chi connectivity index (χ0) is 10.7. The van der Waals surface area contributed by atoms with Gasteiger partial charge in [0.15, 0.2) is 0 Å². The Kier molecular flexibility index (Phi) is 3.28. The van der Waals surface area contributed by atoms with Gasteiger partial charge in [0.2, 0.25) is 0 Å². The second-order valence-corrected chi connectivity index (χ2v) is 5.41. The largest absolute Gasteiger partial charge is 0.537 e. The van der Waals surface area contributed by atoms with Crippen molar-refractivity contribution in [3.05, 3.63) is 0 Å². The summed E-state index contributed by atoms with van der Waals surface area (Å²) < 4.78 is 28.2. The van der Waals surface area contributed by atoms with Gasteiger partial charge in [0.25, 0.3) is 0 Å². The lowest BCUT2D eigenvalue weighted by Gasteiger charge is -2.28. The van der Waals surface area contributed by atoms with Gasteiger partial charge in [-0.05, 0) is 18.4 Å². The molecule has 0 aliphatic carbocycles. The Bertz CT molecular complexity index is 216. The minimum atomic E-state index is -1.46. The van der Waals surface area contributed by atoms with E-state index in [4.69, 9.17) is 6.11 Å². The molecule has 0 N–H and O–H groups in total. The first-order chi connectivity index (χ1) is 6.54. The van der Waals surface area contributed by atoms with Crippen molar-refractivity contribution in [1.29, 1.82) is 0 Å². The van der Waals surface area contributed by atoms with Crippen LogP contribution in [-0.4, -0.2) is 48.7 Å². The molecule has 1 aliphatic rings. The fraction of sp³-hybridized carbons (Fsp3) is 1.00. The predicted molar refractivity (Wildman–Crippen MR) is 52.9 cm³/mol. The van der Waals surface area contributed by atoms with E-state index in [1.54, 1.807) is 18.8 Å². The lowest BCUT2D eigenvalue weighted by Crippen LogP contribution is -2.42. The van der Waals surface area contributed by atoms with Gasteiger partial charge in [-0.2, -0.15) is 0 Å². The van der Waals surface area contributed by atoms with Crippen LogP contribution < -0.4 is 0 Å². The van der Waals surface area contributed by atoms with Crippen LogP contribution in [0, 0.1) is 0 Å². The molecule has 4 nitrogen and oxygen atoms in total. The van der Waals surface area contributed by atoms with Crippen LogP contribution in [0.25, 0.3) is 0 Å².